The molecule has 0 radical (unpaired) electrons. The maximum absolute atomic E-state index is 13.7. The minimum Gasteiger partial charge on any atom is -0.462 e. The summed E-state index contributed by atoms with van der Waals surface area (Å²) in [6, 6.07) is -0.138. The molecular weight excluding hydrogens is 642 g/mol. The molecule has 0 spiro atoms. The summed E-state index contributed by atoms with van der Waals surface area (Å²) in [4.78, 5) is 64.4. The van der Waals surface area contributed by atoms with E-state index in [0.29, 0.717) is 13.0 Å². The molecule has 6 atom stereocenters. The lowest BCUT2D eigenvalue weighted by molar-refractivity contribution is -0.288. The molecule has 2 aliphatic heterocycles. The molecule has 280 valence electrons. The Morgan fingerprint density at radius 2 is 1.20 bits per heavy atom. The third kappa shape index (κ3) is 10.3. The highest BCUT2D eigenvalue weighted by molar-refractivity contribution is 5.78. The monoisotopic (exact) mass is 701 g/mol. The highest BCUT2D eigenvalue weighted by Gasteiger charge is 2.57. The Labute approximate surface area is 298 Å². The maximum atomic E-state index is 13.7. The predicted octanol–water partition coefficient (Wildman–Crippen LogP) is 5.78. The van der Waals surface area contributed by atoms with Crippen molar-refractivity contribution < 1.29 is 42.9 Å². The van der Waals surface area contributed by atoms with Crippen LogP contribution in [0.3, 0.4) is 0 Å². The molecule has 3 rings (SSSR count). The van der Waals surface area contributed by atoms with Gasteiger partial charge in [0.25, 0.3) is 0 Å². The van der Waals surface area contributed by atoms with Gasteiger partial charge in [0, 0.05) is 30.5 Å². The Bertz CT molecular complexity index is 1400. The number of rotatable bonds is 8. The SMILES string of the molecule is CC(C)[C@@H]1CC(c2cncnc2)=CCN1[C@@H]1O[C@H](COC(=O)C(C)(C)C)[C@H](OC(=O)C(C)(C)C)[C@H](OC(=O)C(C)(C)C)[C@H]1OC(=O)C(C)(C)C. The third-order valence-corrected chi connectivity index (χ3v) is 8.60. The standard InChI is InChI=1S/C38H59N3O9/c1-22(2)25-17-23(24-18-39-21-40-19-24)15-16-41(25)30-29(50-34(45)38(12,13)14)28(49-33(44)37(9,10)11)27(48-32(43)36(6,7)8)26(47-30)20-46-31(42)35(3,4)5/h15,18-19,21-22,25-30H,16-17,20H2,1-14H3/t25-,26+,27-,28-,29+,30+/m0/s1. The van der Waals surface area contributed by atoms with E-state index in [1.807, 2.05) is 0 Å². The van der Waals surface area contributed by atoms with Crippen LogP contribution in [-0.2, 0) is 42.9 Å². The van der Waals surface area contributed by atoms with E-state index in [0.717, 1.165) is 11.1 Å². The lowest BCUT2D eigenvalue weighted by Gasteiger charge is -2.51. The van der Waals surface area contributed by atoms with E-state index < -0.39 is 76.2 Å². The molecule has 0 N–H and O–H groups in total. The van der Waals surface area contributed by atoms with Crippen molar-refractivity contribution >= 4 is 29.5 Å². The van der Waals surface area contributed by atoms with Gasteiger partial charge in [-0.15, -0.1) is 0 Å². The van der Waals surface area contributed by atoms with Gasteiger partial charge < -0.3 is 23.7 Å². The lowest BCUT2D eigenvalue weighted by Crippen LogP contribution is -2.68. The van der Waals surface area contributed by atoms with Crippen molar-refractivity contribution in [2.45, 2.75) is 140 Å². The molecule has 0 aliphatic carbocycles. The summed E-state index contributed by atoms with van der Waals surface area (Å²) in [5.74, 6) is -2.13. The van der Waals surface area contributed by atoms with Crippen molar-refractivity contribution in [3.63, 3.8) is 0 Å². The summed E-state index contributed by atoms with van der Waals surface area (Å²) in [5, 5.41) is 0. The van der Waals surface area contributed by atoms with Crippen LogP contribution in [0.1, 0.15) is 109 Å². The molecule has 1 aromatic rings. The minimum atomic E-state index is -1.31. The molecule has 0 bridgehead atoms. The molecule has 3 heterocycles. The van der Waals surface area contributed by atoms with Gasteiger partial charge in [0.15, 0.2) is 24.5 Å². The smallest absolute Gasteiger partial charge is 0.311 e. The first kappa shape index (κ1) is 41.0. The zero-order valence-corrected chi connectivity index (χ0v) is 32.5. The quantitative estimate of drug-likeness (QED) is 0.240. The molecule has 0 amide bonds. The van der Waals surface area contributed by atoms with E-state index >= 15 is 0 Å². The summed E-state index contributed by atoms with van der Waals surface area (Å²) in [5.41, 5.74) is -1.71. The molecule has 0 aromatic carbocycles. The van der Waals surface area contributed by atoms with Crippen molar-refractivity contribution in [3.8, 4) is 0 Å². The molecule has 0 unspecified atom stereocenters. The van der Waals surface area contributed by atoms with Gasteiger partial charge in [0.05, 0.1) is 21.7 Å². The van der Waals surface area contributed by atoms with Crippen LogP contribution in [0.5, 0.6) is 0 Å². The molecule has 50 heavy (non-hydrogen) atoms. The number of nitrogens with zero attached hydrogens (tertiary/aromatic N) is 3. The van der Waals surface area contributed by atoms with Crippen LogP contribution in [0.4, 0.5) is 0 Å². The van der Waals surface area contributed by atoms with Gasteiger partial charge >= 0.3 is 23.9 Å². The first-order chi connectivity index (χ1) is 22.8. The number of carbonyl (C=O) groups excluding carboxylic acids is 4. The first-order valence-corrected chi connectivity index (χ1v) is 17.5. The fourth-order valence-corrected chi connectivity index (χ4v) is 5.36. The topological polar surface area (TPSA) is 143 Å². The van der Waals surface area contributed by atoms with Crippen molar-refractivity contribution in [3.05, 3.63) is 30.4 Å². The summed E-state index contributed by atoms with van der Waals surface area (Å²) in [7, 11) is 0. The van der Waals surface area contributed by atoms with Crippen LogP contribution in [0.25, 0.3) is 5.57 Å². The first-order valence-electron chi connectivity index (χ1n) is 17.5. The Morgan fingerprint density at radius 3 is 1.66 bits per heavy atom. The highest BCUT2D eigenvalue weighted by Crippen LogP contribution is 2.39. The summed E-state index contributed by atoms with van der Waals surface area (Å²) >= 11 is 0. The van der Waals surface area contributed by atoms with E-state index in [-0.39, 0.29) is 18.6 Å². The molecule has 1 aromatic heterocycles. The average Bonchev–Trinajstić information content (AvgIpc) is 2.99. The maximum Gasteiger partial charge on any atom is 0.311 e. The van der Waals surface area contributed by atoms with Gasteiger partial charge in [-0.3, -0.25) is 24.1 Å². The van der Waals surface area contributed by atoms with Crippen molar-refractivity contribution in [1.82, 2.24) is 14.9 Å². The van der Waals surface area contributed by atoms with Gasteiger partial charge in [0.1, 0.15) is 19.0 Å². The fourth-order valence-electron chi connectivity index (χ4n) is 5.36. The van der Waals surface area contributed by atoms with Crippen molar-refractivity contribution in [1.29, 1.82) is 0 Å². The molecule has 12 heteroatoms. The van der Waals surface area contributed by atoms with Gasteiger partial charge in [-0.1, -0.05) is 19.9 Å². The van der Waals surface area contributed by atoms with E-state index in [1.165, 1.54) is 6.33 Å². The second-order valence-corrected chi connectivity index (χ2v) is 17.8. The van der Waals surface area contributed by atoms with Gasteiger partial charge in [0.2, 0.25) is 0 Å². The number of ether oxygens (including phenoxy) is 5. The molecule has 1 fully saturated rings. The van der Waals surface area contributed by atoms with Crippen LogP contribution in [0.15, 0.2) is 24.8 Å². The Hall–Kier alpha value is -3.38. The van der Waals surface area contributed by atoms with E-state index in [2.05, 4.69) is 34.8 Å². The van der Waals surface area contributed by atoms with Crippen LogP contribution >= 0.6 is 0 Å². The number of aromatic nitrogens is 2. The fraction of sp³-hybridized carbons (Fsp3) is 0.737. The number of hydrogen-bond acceptors (Lipinski definition) is 12. The summed E-state index contributed by atoms with van der Waals surface area (Å²) in [6.07, 6.45) is 1.79. The Kier molecular flexibility index (Phi) is 12.7. The number of carbonyl (C=O) groups is 4. The predicted molar refractivity (Wildman–Crippen MR) is 187 cm³/mol. The van der Waals surface area contributed by atoms with E-state index in [1.54, 1.807) is 95.5 Å². The highest BCUT2D eigenvalue weighted by atomic mass is 16.7. The molecular formula is C38H59N3O9. The molecule has 0 saturated carbocycles. The number of esters is 4. The third-order valence-electron chi connectivity index (χ3n) is 8.60. The minimum absolute atomic E-state index is 0.0927. The van der Waals surface area contributed by atoms with Gasteiger partial charge in [-0.2, -0.15) is 0 Å². The van der Waals surface area contributed by atoms with E-state index in [9.17, 15) is 19.2 Å². The van der Waals surface area contributed by atoms with Crippen LogP contribution < -0.4 is 0 Å². The second-order valence-electron chi connectivity index (χ2n) is 17.8. The zero-order valence-electron chi connectivity index (χ0n) is 32.5. The number of hydrogen-bond donors (Lipinski definition) is 0. The normalized spacial score (nSPS) is 25.4. The van der Waals surface area contributed by atoms with Crippen LogP contribution in [0.2, 0.25) is 0 Å². The lowest BCUT2D eigenvalue weighted by atomic mass is 9.87. The largest absolute Gasteiger partial charge is 0.462 e. The molecule has 1 saturated heterocycles. The Balaban J connectivity index is 2.24. The van der Waals surface area contributed by atoms with Gasteiger partial charge in [-0.25, -0.2) is 9.97 Å². The van der Waals surface area contributed by atoms with E-state index in [4.69, 9.17) is 23.7 Å². The molecule has 2 aliphatic rings. The average molecular weight is 702 g/mol. The summed E-state index contributed by atoms with van der Waals surface area (Å²) < 4.78 is 31.2. The zero-order chi connectivity index (χ0) is 38.0. The van der Waals surface area contributed by atoms with Crippen molar-refractivity contribution in [2.24, 2.45) is 27.6 Å². The Morgan fingerprint density at radius 1 is 0.740 bits per heavy atom. The van der Waals surface area contributed by atoms with Crippen molar-refractivity contribution in [2.75, 3.05) is 13.2 Å². The summed E-state index contributed by atoms with van der Waals surface area (Å²) in [6.45, 7) is 24.9. The molecule has 12 nitrogen and oxygen atoms in total. The van der Waals surface area contributed by atoms with Gasteiger partial charge in [-0.05, 0) is 101 Å². The van der Waals surface area contributed by atoms with Crippen LogP contribution in [-0.4, -0.2) is 88.6 Å². The second kappa shape index (κ2) is 15.5. The van der Waals surface area contributed by atoms with Crippen LogP contribution in [0, 0.1) is 27.6 Å².